The topological polar surface area (TPSA) is 20.2 Å². The average Bonchev–Trinajstić information content (AvgIpc) is 2.23. The Bertz CT molecular complexity index is 437. The van der Waals surface area contributed by atoms with Gasteiger partial charge in [0.2, 0.25) is 0 Å². The van der Waals surface area contributed by atoms with E-state index < -0.39 is 0 Å². The van der Waals surface area contributed by atoms with Gasteiger partial charge in [-0.1, -0.05) is 42.5 Å². The molecular formula is C12H9BrO. The molecule has 0 aliphatic rings. The SMILES string of the molecule is Oc1cccc(-c2ccccc2)c1Br. The van der Waals surface area contributed by atoms with Crippen LogP contribution in [0.2, 0.25) is 0 Å². The van der Waals surface area contributed by atoms with Gasteiger partial charge in [-0.2, -0.15) is 0 Å². The number of benzene rings is 2. The molecule has 2 rings (SSSR count). The molecule has 70 valence electrons. The van der Waals surface area contributed by atoms with Gasteiger partial charge in [-0.05, 0) is 33.1 Å². The molecule has 0 amide bonds. The zero-order valence-corrected chi connectivity index (χ0v) is 9.03. The number of hydrogen-bond donors (Lipinski definition) is 1. The van der Waals surface area contributed by atoms with E-state index in [0.717, 1.165) is 15.6 Å². The summed E-state index contributed by atoms with van der Waals surface area (Å²) in [5, 5.41) is 9.51. The molecule has 0 unspecified atom stereocenters. The Morgan fingerprint density at radius 2 is 1.57 bits per heavy atom. The Hall–Kier alpha value is -1.28. The van der Waals surface area contributed by atoms with Crippen LogP contribution in [-0.2, 0) is 0 Å². The molecule has 0 fully saturated rings. The summed E-state index contributed by atoms with van der Waals surface area (Å²) < 4.78 is 0.742. The lowest BCUT2D eigenvalue weighted by molar-refractivity contribution is 0.472. The molecule has 2 aromatic rings. The maximum Gasteiger partial charge on any atom is 0.130 e. The summed E-state index contributed by atoms with van der Waals surface area (Å²) in [4.78, 5) is 0. The molecule has 0 aromatic heterocycles. The first-order valence-electron chi connectivity index (χ1n) is 4.32. The Kier molecular flexibility index (Phi) is 2.55. The second-order valence-electron chi connectivity index (χ2n) is 3.00. The molecule has 14 heavy (non-hydrogen) atoms. The van der Waals surface area contributed by atoms with Crippen molar-refractivity contribution in [2.24, 2.45) is 0 Å². The summed E-state index contributed by atoms with van der Waals surface area (Å²) in [6.07, 6.45) is 0. The molecule has 0 atom stereocenters. The molecule has 0 aliphatic heterocycles. The minimum absolute atomic E-state index is 0.270. The molecule has 0 aliphatic carbocycles. The quantitative estimate of drug-likeness (QED) is 0.814. The Morgan fingerprint density at radius 1 is 0.857 bits per heavy atom. The molecule has 2 heteroatoms. The summed E-state index contributed by atoms with van der Waals surface area (Å²) >= 11 is 3.37. The van der Waals surface area contributed by atoms with Gasteiger partial charge in [0.1, 0.15) is 5.75 Å². The number of halogens is 1. The second kappa shape index (κ2) is 3.84. The maximum atomic E-state index is 9.51. The van der Waals surface area contributed by atoms with Gasteiger partial charge in [-0.15, -0.1) is 0 Å². The Balaban J connectivity index is 2.58. The first-order chi connectivity index (χ1) is 6.79. The first kappa shape index (κ1) is 9.28. The van der Waals surface area contributed by atoms with E-state index in [9.17, 15) is 5.11 Å². The molecule has 1 N–H and O–H groups in total. The third-order valence-corrected chi connectivity index (χ3v) is 2.90. The van der Waals surface area contributed by atoms with E-state index in [1.54, 1.807) is 6.07 Å². The van der Waals surface area contributed by atoms with Crippen LogP contribution in [0.3, 0.4) is 0 Å². The second-order valence-corrected chi connectivity index (χ2v) is 3.80. The van der Waals surface area contributed by atoms with Gasteiger partial charge in [0.05, 0.1) is 4.47 Å². The fourth-order valence-corrected chi connectivity index (χ4v) is 1.85. The number of aromatic hydroxyl groups is 1. The standard InChI is InChI=1S/C12H9BrO/c13-12-10(7-4-8-11(12)14)9-5-2-1-3-6-9/h1-8,14H. The van der Waals surface area contributed by atoms with Gasteiger partial charge in [0, 0.05) is 0 Å². The van der Waals surface area contributed by atoms with Crippen LogP contribution >= 0.6 is 15.9 Å². The highest BCUT2D eigenvalue weighted by atomic mass is 79.9. The van der Waals surface area contributed by atoms with Crippen molar-refractivity contribution in [1.82, 2.24) is 0 Å². The van der Waals surface area contributed by atoms with E-state index in [2.05, 4.69) is 15.9 Å². The zero-order chi connectivity index (χ0) is 9.97. The predicted octanol–water partition coefficient (Wildman–Crippen LogP) is 3.82. The van der Waals surface area contributed by atoms with E-state index >= 15 is 0 Å². The van der Waals surface area contributed by atoms with Crippen molar-refractivity contribution in [1.29, 1.82) is 0 Å². The van der Waals surface area contributed by atoms with Gasteiger partial charge in [0.15, 0.2) is 0 Å². The minimum Gasteiger partial charge on any atom is -0.507 e. The van der Waals surface area contributed by atoms with Crippen molar-refractivity contribution in [2.45, 2.75) is 0 Å². The Morgan fingerprint density at radius 3 is 2.29 bits per heavy atom. The van der Waals surface area contributed by atoms with E-state index in [4.69, 9.17) is 0 Å². The van der Waals surface area contributed by atoms with E-state index in [-0.39, 0.29) is 5.75 Å². The van der Waals surface area contributed by atoms with Crippen LogP contribution in [0.4, 0.5) is 0 Å². The van der Waals surface area contributed by atoms with Crippen LogP contribution in [0.15, 0.2) is 53.0 Å². The van der Waals surface area contributed by atoms with Crippen LogP contribution in [0.5, 0.6) is 5.75 Å². The third-order valence-electron chi connectivity index (χ3n) is 2.06. The van der Waals surface area contributed by atoms with Gasteiger partial charge >= 0.3 is 0 Å². The van der Waals surface area contributed by atoms with Crippen molar-refractivity contribution >= 4 is 15.9 Å². The highest BCUT2D eigenvalue weighted by molar-refractivity contribution is 9.10. The molecule has 0 saturated heterocycles. The third kappa shape index (κ3) is 1.66. The number of hydrogen-bond acceptors (Lipinski definition) is 1. The summed E-state index contributed by atoms with van der Waals surface area (Å²) in [7, 11) is 0. The van der Waals surface area contributed by atoms with Gasteiger partial charge in [-0.25, -0.2) is 0 Å². The van der Waals surface area contributed by atoms with E-state index in [0.29, 0.717) is 0 Å². The fraction of sp³-hybridized carbons (Fsp3) is 0. The largest absolute Gasteiger partial charge is 0.507 e. The first-order valence-corrected chi connectivity index (χ1v) is 5.11. The van der Waals surface area contributed by atoms with Crippen LogP contribution in [-0.4, -0.2) is 5.11 Å². The minimum atomic E-state index is 0.270. The van der Waals surface area contributed by atoms with E-state index in [1.165, 1.54) is 0 Å². The van der Waals surface area contributed by atoms with Gasteiger partial charge in [-0.3, -0.25) is 0 Å². The highest BCUT2D eigenvalue weighted by Gasteiger charge is 2.05. The zero-order valence-electron chi connectivity index (χ0n) is 7.44. The number of rotatable bonds is 1. The predicted molar refractivity (Wildman–Crippen MR) is 61.2 cm³/mol. The van der Waals surface area contributed by atoms with Crippen LogP contribution in [0.1, 0.15) is 0 Å². The van der Waals surface area contributed by atoms with Crippen molar-refractivity contribution in [3.63, 3.8) is 0 Å². The van der Waals surface area contributed by atoms with E-state index in [1.807, 2.05) is 42.5 Å². The molecule has 0 radical (unpaired) electrons. The normalized spacial score (nSPS) is 10.1. The maximum absolute atomic E-state index is 9.51. The number of phenols is 1. The summed E-state index contributed by atoms with van der Waals surface area (Å²) in [6, 6.07) is 15.4. The van der Waals surface area contributed by atoms with Crippen molar-refractivity contribution in [2.75, 3.05) is 0 Å². The summed E-state index contributed by atoms with van der Waals surface area (Å²) in [5.41, 5.74) is 2.10. The molecule has 2 aromatic carbocycles. The number of phenolic OH excluding ortho intramolecular Hbond substituents is 1. The lowest BCUT2D eigenvalue weighted by Crippen LogP contribution is -1.79. The van der Waals surface area contributed by atoms with Crippen molar-refractivity contribution in [3.05, 3.63) is 53.0 Å². The smallest absolute Gasteiger partial charge is 0.130 e. The van der Waals surface area contributed by atoms with Gasteiger partial charge < -0.3 is 5.11 Å². The lowest BCUT2D eigenvalue weighted by atomic mass is 10.1. The molecule has 0 saturated carbocycles. The van der Waals surface area contributed by atoms with Gasteiger partial charge in [0.25, 0.3) is 0 Å². The molecule has 0 heterocycles. The average molecular weight is 249 g/mol. The van der Waals surface area contributed by atoms with Crippen LogP contribution < -0.4 is 0 Å². The monoisotopic (exact) mass is 248 g/mol. The van der Waals surface area contributed by atoms with Crippen LogP contribution in [0.25, 0.3) is 11.1 Å². The Labute approximate surface area is 91.2 Å². The summed E-state index contributed by atoms with van der Waals surface area (Å²) in [6.45, 7) is 0. The lowest BCUT2D eigenvalue weighted by Gasteiger charge is -2.05. The van der Waals surface area contributed by atoms with Crippen molar-refractivity contribution in [3.8, 4) is 16.9 Å². The fourth-order valence-electron chi connectivity index (χ4n) is 1.36. The summed E-state index contributed by atoms with van der Waals surface area (Å²) in [5.74, 6) is 0.270. The molecule has 1 nitrogen and oxygen atoms in total. The molecule has 0 bridgehead atoms. The van der Waals surface area contributed by atoms with Crippen molar-refractivity contribution < 1.29 is 5.11 Å². The molecular weight excluding hydrogens is 240 g/mol. The molecule has 0 spiro atoms. The highest BCUT2D eigenvalue weighted by Crippen LogP contribution is 2.34. The van der Waals surface area contributed by atoms with Crippen LogP contribution in [0, 0.1) is 0 Å².